The first kappa shape index (κ1) is 13.5. The highest BCUT2D eigenvalue weighted by Crippen LogP contribution is 2.26. The highest BCUT2D eigenvalue weighted by Gasteiger charge is 2.37. The number of ether oxygens (including phenoxy) is 3. The first-order valence-electron chi connectivity index (χ1n) is 6.10. The number of unbranched alkanes of at least 4 members (excludes halogenated alkanes) is 3. The van der Waals surface area contributed by atoms with Crippen molar-refractivity contribution in [1.29, 1.82) is 0 Å². The van der Waals surface area contributed by atoms with E-state index in [0.29, 0.717) is 13.2 Å². The van der Waals surface area contributed by atoms with E-state index in [1.165, 1.54) is 26.2 Å². The number of carbonyl (C=O) groups is 1. The molecule has 1 aliphatic heterocycles. The number of rotatable bonds is 7. The maximum atomic E-state index is 10.8. The van der Waals surface area contributed by atoms with Gasteiger partial charge in [0.15, 0.2) is 0 Å². The van der Waals surface area contributed by atoms with E-state index in [0.717, 1.165) is 12.8 Å². The quantitative estimate of drug-likeness (QED) is 0.497. The molecule has 94 valence electrons. The van der Waals surface area contributed by atoms with Crippen LogP contribution in [0.1, 0.15) is 46.0 Å². The van der Waals surface area contributed by atoms with Crippen molar-refractivity contribution >= 4 is 5.97 Å². The highest BCUT2D eigenvalue weighted by molar-refractivity contribution is 5.65. The number of hydrogen-bond donors (Lipinski definition) is 0. The standard InChI is InChI=1S/C12H22O4/c1-3-4-5-6-7-12(10-14-11(2)13)15-8-9-16-12/h3-10H2,1-2H3. The molecule has 1 heterocycles. The molecule has 0 saturated carbocycles. The van der Waals surface area contributed by atoms with Crippen molar-refractivity contribution in [2.24, 2.45) is 0 Å². The number of esters is 1. The van der Waals surface area contributed by atoms with Gasteiger partial charge in [0.1, 0.15) is 6.61 Å². The van der Waals surface area contributed by atoms with Crippen LogP contribution in [0.4, 0.5) is 0 Å². The third kappa shape index (κ3) is 4.49. The van der Waals surface area contributed by atoms with E-state index < -0.39 is 5.79 Å². The molecule has 0 amide bonds. The van der Waals surface area contributed by atoms with Gasteiger partial charge in [-0.2, -0.15) is 0 Å². The first-order chi connectivity index (χ1) is 7.68. The van der Waals surface area contributed by atoms with Gasteiger partial charge in [-0.05, 0) is 6.42 Å². The summed E-state index contributed by atoms with van der Waals surface area (Å²) >= 11 is 0. The largest absolute Gasteiger partial charge is 0.460 e. The van der Waals surface area contributed by atoms with Crippen LogP contribution in [0.2, 0.25) is 0 Å². The Morgan fingerprint density at radius 1 is 1.25 bits per heavy atom. The van der Waals surface area contributed by atoms with E-state index >= 15 is 0 Å². The molecule has 0 unspecified atom stereocenters. The molecule has 1 rings (SSSR count). The van der Waals surface area contributed by atoms with Gasteiger partial charge in [-0.25, -0.2) is 0 Å². The third-order valence-electron chi connectivity index (χ3n) is 2.72. The van der Waals surface area contributed by atoms with Crippen LogP contribution in [0.3, 0.4) is 0 Å². The molecular weight excluding hydrogens is 208 g/mol. The lowest BCUT2D eigenvalue weighted by Gasteiger charge is -2.26. The van der Waals surface area contributed by atoms with Crippen LogP contribution < -0.4 is 0 Å². The summed E-state index contributed by atoms with van der Waals surface area (Å²) in [6.45, 7) is 4.98. The average Bonchev–Trinajstić information content (AvgIpc) is 2.71. The van der Waals surface area contributed by atoms with Crippen LogP contribution in [-0.4, -0.2) is 31.6 Å². The van der Waals surface area contributed by atoms with Crippen molar-refractivity contribution in [1.82, 2.24) is 0 Å². The van der Waals surface area contributed by atoms with Crippen LogP contribution in [-0.2, 0) is 19.0 Å². The Balaban J connectivity index is 2.30. The van der Waals surface area contributed by atoms with Crippen LogP contribution in [0.15, 0.2) is 0 Å². The van der Waals surface area contributed by atoms with E-state index in [4.69, 9.17) is 14.2 Å². The fraction of sp³-hybridized carbons (Fsp3) is 0.917. The van der Waals surface area contributed by atoms with Crippen molar-refractivity contribution in [3.05, 3.63) is 0 Å². The second-order valence-corrected chi connectivity index (χ2v) is 4.20. The maximum absolute atomic E-state index is 10.8. The van der Waals surface area contributed by atoms with Crippen LogP contribution in [0, 0.1) is 0 Å². The highest BCUT2D eigenvalue weighted by atomic mass is 16.8. The Morgan fingerprint density at radius 3 is 2.50 bits per heavy atom. The molecule has 0 aromatic heterocycles. The van der Waals surface area contributed by atoms with Crippen molar-refractivity contribution in [3.63, 3.8) is 0 Å². The Hall–Kier alpha value is -0.610. The van der Waals surface area contributed by atoms with Gasteiger partial charge in [-0.15, -0.1) is 0 Å². The molecular formula is C12H22O4. The third-order valence-corrected chi connectivity index (χ3v) is 2.72. The van der Waals surface area contributed by atoms with Gasteiger partial charge >= 0.3 is 5.97 Å². The molecule has 0 aliphatic carbocycles. The minimum absolute atomic E-state index is 0.217. The van der Waals surface area contributed by atoms with Crippen LogP contribution >= 0.6 is 0 Å². The normalized spacial score (nSPS) is 18.6. The summed E-state index contributed by atoms with van der Waals surface area (Å²) in [4.78, 5) is 10.8. The topological polar surface area (TPSA) is 44.8 Å². The first-order valence-corrected chi connectivity index (χ1v) is 6.10. The minimum Gasteiger partial charge on any atom is -0.460 e. The zero-order valence-electron chi connectivity index (χ0n) is 10.3. The van der Waals surface area contributed by atoms with Crippen molar-refractivity contribution in [2.45, 2.75) is 51.7 Å². The summed E-state index contributed by atoms with van der Waals surface area (Å²) in [6.07, 6.45) is 5.46. The maximum Gasteiger partial charge on any atom is 0.302 e. The Bertz CT molecular complexity index is 209. The van der Waals surface area contributed by atoms with E-state index in [1.54, 1.807) is 0 Å². The Labute approximate surface area is 97.2 Å². The molecule has 0 N–H and O–H groups in total. The summed E-state index contributed by atoms with van der Waals surface area (Å²) in [7, 11) is 0. The molecule has 16 heavy (non-hydrogen) atoms. The molecule has 1 aliphatic rings. The predicted octanol–water partition coefficient (Wildman–Crippen LogP) is 2.26. The monoisotopic (exact) mass is 230 g/mol. The number of carbonyl (C=O) groups excluding carboxylic acids is 1. The van der Waals surface area contributed by atoms with Gasteiger partial charge < -0.3 is 14.2 Å². The van der Waals surface area contributed by atoms with Crippen molar-refractivity contribution in [2.75, 3.05) is 19.8 Å². The van der Waals surface area contributed by atoms with Gasteiger partial charge in [0.2, 0.25) is 5.79 Å². The van der Waals surface area contributed by atoms with Gasteiger partial charge in [0.25, 0.3) is 0 Å². The molecule has 0 atom stereocenters. The lowest BCUT2D eigenvalue weighted by molar-refractivity contribution is -0.201. The molecule has 1 saturated heterocycles. The lowest BCUT2D eigenvalue weighted by atomic mass is 10.1. The molecule has 0 spiro atoms. The van der Waals surface area contributed by atoms with Gasteiger partial charge in [-0.3, -0.25) is 4.79 Å². The summed E-state index contributed by atoms with van der Waals surface area (Å²) in [5.41, 5.74) is 0. The zero-order chi connectivity index (χ0) is 11.9. The smallest absolute Gasteiger partial charge is 0.302 e. The minimum atomic E-state index is -0.667. The molecule has 0 aromatic carbocycles. The second kappa shape index (κ2) is 6.86. The van der Waals surface area contributed by atoms with Gasteiger partial charge in [0, 0.05) is 13.3 Å². The summed E-state index contributed by atoms with van der Waals surface area (Å²) in [5, 5.41) is 0. The average molecular weight is 230 g/mol. The van der Waals surface area contributed by atoms with E-state index in [1.807, 2.05) is 0 Å². The molecule has 0 radical (unpaired) electrons. The lowest BCUT2D eigenvalue weighted by Crippen LogP contribution is -2.36. The molecule has 4 nitrogen and oxygen atoms in total. The van der Waals surface area contributed by atoms with Gasteiger partial charge in [-0.1, -0.05) is 26.2 Å². The Morgan fingerprint density at radius 2 is 1.94 bits per heavy atom. The van der Waals surface area contributed by atoms with Crippen LogP contribution in [0.5, 0.6) is 0 Å². The number of hydrogen-bond acceptors (Lipinski definition) is 4. The Kier molecular flexibility index (Phi) is 5.77. The van der Waals surface area contributed by atoms with Crippen molar-refractivity contribution in [3.8, 4) is 0 Å². The van der Waals surface area contributed by atoms with E-state index in [2.05, 4.69) is 6.92 Å². The second-order valence-electron chi connectivity index (χ2n) is 4.20. The SMILES string of the molecule is CCCCCCC1(COC(C)=O)OCCO1. The van der Waals surface area contributed by atoms with Crippen molar-refractivity contribution < 1.29 is 19.0 Å². The summed E-state index contributed by atoms with van der Waals surface area (Å²) in [5.74, 6) is -0.952. The fourth-order valence-corrected chi connectivity index (χ4v) is 1.83. The molecule has 4 heteroatoms. The predicted molar refractivity (Wildman–Crippen MR) is 60.0 cm³/mol. The van der Waals surface area contributed by atoms with Crippen LogP contribution in [0.25, 0.3) is 0 Å². The summed E-state index contributed by atoms with van der Waals surface area (Å²) in [6, 6.07) is 0. The van der Waals surface area contributed by atoms with E-state index in [9.17, 15) is 4.79 Å². The fourth-order valence-electron chi connectivity index (χ4n) is 1.83. The zero-order valence-corrected chi connectivity index (χ0v) is 10.3. The molecule has 1 fully saturated rings. The summed E-state index contributed by atoms with van der Waals surface area (Å²) < 4.78 is 16.1. The molecule has 0 bridgehead atoms. The van der Waals surface area contributed by atoms with E-state index in [-0.39, 0.29) is 12.6 Å². The van der Waals surface area contributed by atoms with Gasteiger partial charge in [0.05, 0.1) is 13.2 Å². The molecule has 0 aromatic rings.